The number of benzene rings is 1. The molecule has 0 amide bonds. The van der Waals surface area contributed by atoms with Crippen LogP contribution in [0.25, 0.3) is 0 Å². The van der Waals surface area contributed by atoms with Gasteiger partial charge in [0.25, 0.3) is 0 Å². The van der Waals surface area contributed by atoms with Gasteiger partial charge in [0.1, 0.15) is 16.6 Å². The minimum Gasteiger partial charge on any atom is -0.497 e. The van der Waals surface area contributed by atoms with E-state index < -0.39 is 0 Å². The first kappa shape index (κ1) is 15.0. The molecule has 3 rings (SSSR count). The van der Waals surface area contributed by atoms with Crippen LogP contribution in [0.1, 0.15) is 33.9 Å². The van der Waals surface area contributed by atoms with Crippen LogP contribution in [0, 0.1) is 6.92 Å². The Kier molecular flexibility index (Phi) is 4.43. The number of ketones is 1. The molecule has 1 aliphatic carbocycles. The molecule has 0 bridgehead atoms. The summed E-state index contributed by atoms with van der Waals surface area (Å²) in [6.45, 7) is 1.91. The van der Waals surface area contributed by atoms with Crippen molar-refractivity contribution in [1.29, 1.82) is 0 Å². The van der Waals surface area contributed by atoms with Crippen molar-refractivity contribution in [2.24, 2.45) is 0 Å². The Balaban J connectivity index is 1.71. The molecule has 114 valence electrons. The van der Waals surface area contributed by atoms with E-state index in [1.54, 1.807) is 19.2 Å². The Morgan fingerprint density at radius 2 is 2.00 bits per heavy atom. The SMILES string of the molecule is COc1ccc(C(=O)CSc2nc(C)nc3c2CCC3)cc1. The van der Waals surface area contributed by atoms with Crippen molar-refractivity contribution in [3.8, 4) is 5.75 Å². The van der Waals surface area contributed by atoms with Gasteiger partial charge in [0, 0.05) is 16.8 Å². The van der Waals surface area contributed by atoms with Crippen molar-refractivity contribution < 1.29 is 9.53 Å². The van der Waals surface area contributed by atoms with Gasteiger partial charge in [-0.05, 0) is 50.5 Å². The highest BCUT2D eigenvalue weighted by Gasteiger charge is 2.19. The number of hydrogen-bond donors (Lipinski definition) is 0. The molecule has 0 spiro atoms. The number of aryl methyl sites for hydroxylation is 2. The Labute approximate surface area is 134 Å². The van der Waals surface area contributed by atoms with Crippen LogP contribution in [0.5, 0.6) is 5.75 Å². The number of Topliss-reactive ketones (excluding diaryl/α,β-unsaturated/α-hetero) is 1. The minimum absolute atomic E-state index is 0.107. The lowest BCUT2D eigenvalue weighted by atomic mass is 10.1. The maximum atomic E-state index is 12.3. The number of ether oxygens (including phenoxy) is 1. The highest BCUT2D eigenvalue weighted by atomic mass is 32.2. The molecule has 4 nitrogen and oxygen atoms in total. The Bertz CT molecular complexity index is 699. The van der Waals surface area contributed by atoms with Gasteiger partial charge >= 0.3 is 0 Å². The Morgan fingerprint density at radius 3 is 2.73 bits per heavy atom. The number of hydrogen-bond acceptors (Lipinski definition) is 5. The number of rotatable bonds is 5. The molecule has 0 saturated heterocycles. The van der Waals surface area contributed by atoms with Crippen LogP contribution in [-0.4, -0.2) is 28.6 Å². The van der Waals surface area contributed by atoms with Crippen LogP contribution in [0.4, 0.5) is 0 Å². The molecule has 2 aromatic rings. The molecule has 1 aliphatic rings. The van der Waals surface area contributed by atoms with Gasteiger partial charge in [-0.2, -0.15) is 0 Å². The summed E-state index contributed by atoms with van der Waals surface area (Å²) in [5.41, 5.74) is 3.10. The van der Waals surface area contributed by atoms with Crippen molar-refractivity contribution >= 4 is 17.5 Å². The summed E-state index contributed by atoms with van der Waals surface area (Å²) in [7, 11) is 1.62. The number of methoxy groups -OCH3 is 1. The Morgan fingerprint density at radius 1 is 1.23 bits per heavy atom. The van der Waals surface area contributed by atoms with E-state index in [4.69, 9.17) is 4.74 Å². The molecule has 0 unspecified atom stereocenters. The summed E-state index contributed by atoms with van der Waals surface area (Å²) >= 11 is 1.52. The number of aromatic nitrogens is 2. The predicted octanol–water partition coefficient (Wildman–Crippen LogP) is 3.26. The van der Waals surface area contributed by atoms with Gasteiger partial charge in [-0.25, -0.2) is 9.97 Å². The zero-order valence-electron chi connectivity index (χ0n) is 12.8. The van der Waals surface area contributed by atoms with Gasteiger partial charge in [0.15, 0.2) is 5.78 Å². The monoisotopic (exact) mass is 314 g/mol. The first-order valence-corrected chi connectivity index (χ1v) is 8.32. The van der Waals surface area contributed by atoms with Gasteiger partial charge in [0.05, 0.1) is 12.9 Å². The van der Waals surface area contributed by atoms with Crippen LogP contribution in [0.15, 0.2) is 29.3 Å². The smallest absolute Gasteiger partial charge is 0.173 e. The normalized spacial score (nSPS) is 13.0. The van der Waals surface area contributed by atoms with Crippen molar-refractivity contribution in [2.45, 2.75) is 31.2 Å². The third-order valence-electron chi connectivity index (χ3n) is 3.76. The van der Waals surface area contributed by atoms with Gasteiger partial charge in [-0.1, -0.05) is 11.8 Å². The summed E-state index contributed by atoms with van der Waals surface area (Å²) < 4.78 is 5.11. The lowest BCUT2D eigenvalue weighted by Crippen LogP contribution is -2.05. The van der Waals surface area contributed by atoms with Crippen LogP contribution in [0.3, 0.4) is 0 Å². The van der Waals surface area contributed by atoms with Crippen molar-refractivity contribution in [2.75, 3.05) is 12.9 Å². The minimum atomic E-state index is 0.107. The average molecular weight is 314 g/mol. The lowest BCUT2D eigenvalue weighted by Gasteiger charge is -2.08. The van der Waals surface area contributed by atoms with E-state index in [0.29, 0.717) is 11.3 Å². The standard InChI is InChI=1S/C17H18N2O2S/c1-11-18-15-5-3-4-14(15)17(19-11)22-10-16(20)12-6-8-13(21-2)9-7-12/h6-9H,3-5,10H2,1-2H3. The molecule has 1 aromatic carbocycles. The topological polar surface area (TPSA) is 52.1 Å². The fourth-order valence-corrected chi connectivity index (χ4v) is 3.66. The van der Waals surface area contributed by atoms with E-state index in [0.717, 1.165) is 41.6 Å². The second-order valence-electron chi connectivity index (χ2n) is 5.30. The highest BCUT2D eigenvalue weighted by molar-refractivity contribution is 8.00. The summed E-state index contributed by atoms with van der Waals surface area (Å²) in [4.78, 5) is 21.3. The molecule has 1 heterocycles. The van der Waals surface area contributed by atoms with Crippen LogP contribution >= 0.6 is 11.8 Å². The van der Waals surface area contributed by atoms with Crippen LogP contribution in [-0.2, 0) is 12.8 Å². The molecule has 22 heavy (non-hydrogen) atoms. The number of carbonyl (C=O) groups excluding carboxylic acids is 1. The maximum Gasteiger partial charge on any atom is 0.173 e. The first-order chi connectivity index (χ1) is 10.7. The molecular weight excluding hydrogens is 296 g/mol. The number of thioether (sulfide) groups is 1. The van der Waals surface area contributed by atoms with E-state index in [9.17, 15) is 4.79 Å². The van der Waals surface area contributed by atoms with E-state index in [1.807, 2.05) is 19.1 Å². The van der Waals surface area contributed by atoms with Gasteiger partial charge in [0.2, 0.25) is 0 Å². The van der Waals surface area contributed by atoms with Crippen molar-refractivity contribution in [1.82, 2.24) is 9.97 Å². The van der Waals surface area contributed by atoms with Crippen molar-refractivity contribution in [3.05, 3.63) is 46.9 Å². The second kappa shape index (κ2) is 6.48. The predicted molar refractivity (Wildman–Crippen MR) is 86.8 cm³/mol. The molecular formula is C17H18N2O2S. The largest absolute Gasteiger partial charge is 0.497 e. The zero-order chi connectivity index (χ0) is 15.5. The van der Waals surface area contributed by atoms with Gasteiger partial charge < -0.3 is 4.74 Å². The van der Waals surface area contributed by atoms with E-state index in [1.165, 1.54) is 17.3 Å². The van der Waals surface area contributed by atoms with Gasteiger partial charge in [-0.15, -0.1) is 0 Å². The van der Waals surface area contributed by atoms with E-state index in [2.05, 4.69) is 9.97 Å². The molecule has 0 N–H and O–H groups in total. The van der Waals surface area contributed by atoms with Gasteiger partial charge in [-0.3, -0.25) is 4.79 Å². The second-order valence-corrected chi connectivity index (χ2v) is 6.26. The molecule has 1 aromatic heterocycles. The molecule has 0 radical (unpaired) electrons. The maximum absolute atomic E-state index is 12.3. The van der Waals surface area contributed by atoms with E-state index in [-0.39, 0.29) is 5.78 Å². The average Bonchev–Trinajstić information content (AvgIpc) is 3.00. The Hall–Kier alpha value is -1.88. The highest BCUT2D eigenvalue weighted by Crippen LogP contribution is 2.29. The van der Waals surface area contributed by atoms with E-state index >= 15 is 0 Å². The number of nitrogens with zero attached hydrogens (tertiary/aromatic N) is 2. The fraction of sp³-hybridized carbons (Fsp3) is 0.353. The van der Waals surface area contributed by atoms with Crippen LogP contribution in [0.2, 0.25) is 0 Å². The molecule has 0 atom stereocenters. The number of carbonyl (C=O) groups is 1. The molecule has 0 aliphatic heterocycles. The summed E-state index contributed by atoms with van der Waals surface area (Å²) in [6.07, 6.45) is 3.18. The third kappa shape index (κ3) is 3.14. The van der Waals surface area contributed by atoms with Crippen molar-refractivity contribution in [3.63, 3.8) is 0 Å². The quantitative estimate of drug-likeness (QED) is 0.482. The molecule has 0 saturated carbocycles. The summed E-state index contributed by atoms with van der Waals surface area (Å²) in [5, 5.41) is 0.974. The molecule has 0 fully saturated rings. The first-order valence-electron chi connectivity index (χ1n) is 7.34. The summed E-state index contributed by atoms with van der Waals surface area (Å²) in [6, 6.07) is 7.23. The lowest BCUT2D eigenvalue weighted by molar-refractivity contribution is 0.102. The zero-order valence-corrected chi connectivity index (χ0v) is 13.6. The van der Waals surface area contributed by atoms with Crippen LogP contribution < -0.4 is 4.74 Å². The summed E-state index contributed by atoms with van der Waals surface area (Å²) in [5.74, 6) is 2.05. The molecule has 5 heteroatoms. The number of fused-ring (bicyclic) bond motifs is 1. The fourth-order valence-electron chi connectivity index (χ4n) is 2.63. The third-order valence-corrected chi connectivity index (χ3v) is 4.78.